The van der Waals surface area contributed by atoms with Gasteiger partial charge in [-0.3, -0.25) is 4.79 Å². The minimum absolute atomic E-state index is 0.369. The SMILES string of the molecule is CCC(=O)CCC(C)c1ccc(C)cc1. The van der Waals surface area contributed by atoms with Gasteiger partial charge in [0.05, 0.1) is 0 Å². The van der Waals surface area contributed by atoms with Crippen molar-refractivity contribution in [2.45, 2.75) is 46.0 Å². The Hall–Kier alpha value is -1.11. The molecule has 0 saturated carbocycles. The molecule has 0 N–H and O–H groups in total. The summed E-state index contributed by atoms with van der Waals surface area (Å²) < 4.78 is 0. The van der Waals surface area contributed by atoms with Gasteiger partial charge in [-0.2, -0.15) is 0 Å². The van der Waals surface area contributed by atoms with Crippen molar-refractivity contribution in [1.82, 2.24) is 0 Å². The van der Waals surface area contributed by atoms with Crippen LogP contribution in [0, 0.1) is 6.92 Å². The molecule has 0 aromatic heterocycles. The molecule has 0 amide bonds. The number of rotatable bonds is 5. The lowest BCUT2D eigenvalue weighted by Crippen LogP contribution is -2.00. The van der Waals surface area contributed by atoms with E-state index in [1.807, 2.05) is 6.92 Å². The molecule has 1 aromatic rings. The molecule has 1 atom stereocenters. The Kier molecular flexibility index (Phi) is 4.54. The Morgan fingerprint density at radius 3 is 2.40 bits per heavy atom. The predicted octanol–water partition coefficient (Wildman–Crippen LogP) is 3.86. The maximum atomic E-state index is 11.2. The molecule has 0 heterocycles. The van der Waals surface area contributed by atoms with E-state index in [0.29, 0.717) is 24.5 Å². The van der Waals surface area contributed by atoms with Crippen molar-refractivity contribution in [3.63, 3.8) is 0 Å². The van der Waals surface area contributed by atoms with Crippen LogP contribution in [0.4, 0.5) is 0 Å². The molecular weight excluding hydrogens is 184 g/mol. The number of Topliss-reactive ketones (excluding diaryl/α,β-unsaturated/α-hetero) is 1. The third-order valence-electron chi connectivity index (χ3n) is 2.90. The van der Waals surface area contributed by atoms with E-state index >= 15 is 0 Å². The van der Waals surface area contributed by atoms with Crippen molar-refractivity contribution in [2.24, 2.45) is 0 Å². The summed E-state index contributed by atoms with van der Waals surface area (Å²) in [6.45, 7) is 6.21. The third kappa shape index (κ3) is 3.86. The zero-order valence-corrected chi connectivity index (χ0v) is 9.92. The minimum Gasteiger partial charge on any atom is -0.300 e. The first kappa shape index (κ1) is 12.0. The summed E-state index contributed by atoms with van der Waals surface area (Å²) in [4.78, 5) is 11.2. The van der Waals surface area contributed by atoms with Gasteiger partial charge in [0.2, 0.25) is 0 Å². The highest BCUT2D eigenvalue weighted by Crippen LogP contribution is 2.21. The third-order valence-corrected chi connectivity index (χ3v) is 2.90. The number of aryl methyl sites for hydroxylation is 1. The molecule has 0 bridgehead atoms. The van der Waals surface area contributed by atoms with Crippen LogP contribution in [0.25, 0.3) is 0 Å². The van der Waals surface area contributed by atoms with Crippen molar-refractivity contribution in [2.75, 3.05) is 0 Å². The second-order valence-electron chi connectivity index (χ2n) is 4.24. The van der Waals surface area contributed by atoms with Gasteiger partial charge in [0.15, 0.2) is 0 Å². The van der Waals surface area contributed by atoms with Crippen molar-refractivity contribution in [1.29, 1.82) is 0 Å². The van der Waals surface area contributed by atoms with E-state index in [0.717, 1.165) is 6.42 Å². The van der Waals surface area contributed by atoms with E-state index in [-0.39, 0.29) is 0 Å². The highest BCUT2D eigenvalue weighted by atomic mass is 16.1. The molecule has 0 aliphatic carbocycles. The van der Waals surface area contributed by atoms with E-state index in [1.54, 1.807) is 0 Å². The lowest BCUT2D eigenvalue weighted by molar-refractivity contribution is -0.118. The van der Waals surface area contributed by atoms with Crippen LogP contribution in [0.3, 0.4) is 0 Å². The highest BCUT2D eigenvalue weighted by molar-refractivity contribution is 5.78. The molecule has 82 valence electrons. The number of ketones is 1. The van der Waals surface area contributed by atoms with E-state index < -0.39 is 0 Å². The van der Waals surface area contributed by atoms with Crippen LogP contribution in [-0.2, 0) is 4.79 Å². The smallest absolute Gasteiger partial charge is 0.132 e. The predicted molar refractivity (Wildman–Crippen MR) is 64.1 cm³/mol. The Bertz CT molecular complexity index is 311. The molecule has 0 aliphatic rings. The lowest BCUT2D eigenvalue weighted by atomic mass is 9.94. The van der Waals surface area contributed by atoms with Gasteiger partial charge >= 0.3 is 0 Å². The molecule has 1 unspecified atom stereocenters. The summed E-state index contributed by atoms with van der Waals surface area (Å²) in [5.74, 6) is 0.857. The van der Waals surface area contributed by atoms with E-state index in [1.165, 1.54) is 11.1 Å². The molecule has 15 heavy (non-hydrogen) atoms. The summed E-state index contributed by atoms with van der Waals surface area (Å²) in [5.41, 5.74) is 2.63. The highest BCUT2D eigenvalue weighted by Gasteiger charge is 2.07. The number of carbonyl (C=O) groups is 1. The Morgan fingerprint density at radius 2 is 1.87 bits per heavy atom. The minimum atomic E-state index is 0.369. The molecule has 0 fully saturated rings. The van der Waals surface area contributed by atoms with Gasteiger partial charge in [0.1, 0.15) is 5.78 Å². The van der Waals surface area contributed by atoms with E-state index in [9.17, 15) is 4.79 Å². The van der Waals surface area contributed by atoms with Crippen LogP contribution in [-0.4, -0.2) is 5.78 Å². The molecule has 0 radical (unpaired) electrons. The van der Waals surface area contributed by atoms with Gasteiger partial charge in [-0.15, -0.1) is 0 Å². The number of hydrogen-bond acceptors (Lipinski definition) is 1. The Labute approximate surface area is 92.5 Å². The quantitative estimate of drug-likeness (QED) is 0.711. The maximum absolute atomic E-state index is 11.2. The fourth-order valence-electron chi connectivity index (χ4n) is 1.62. The lowest BCUT2D eigenvalue weighted by Gasteiger charge is -2.11. The zero-order valence-electron chi connectivity index (χ0n) is 9.92. The molecule has 1 aromatic carbocycles. The molecule has 1 rings (SSSR count). The second-order valence-corrected chi connectivity index (χ2v) is 4.24. The summed E-state index contributed by atoms with van der Waals surface area (Å²) in [6, 6.07) is 8.59. The second kappa shape index (κ2) is 5.69. The molecule has 1 nitrogen and oxygen atoms in total. The largest absolute Gasteiger partial charge is 0.300 e. The molecular formula is C14H20O. The fourth-order valence-corrected chi connectivity index (χ4v) is 1.62. The molecule has 1 heteroatoms. The van der Waals surface area contributed by atoms with Crippen molar-refractivity contribution >= 4 is 5.78 Å². The van der Waals surface area contributed by atoms with Gasteiger partial charge in [0.25, 0.3) is 0 Å². The summed E-state index contributed by atoms with van der Waals surface area (Å²) >= 11 is 0. The topological polar surface area (TPSA) is 17.1 Å². The van der Waals surface area contributed by atoms with Crippen LogP contribution in [0.1, 0.15) is 50.2 Å². The van der Waals surface area contributed by atoms with Gasteiger partial charge in [-0.25, -0.2) is 0 Å². The van der Waals surface area contributed by atoms with Crippen LogP contribution in [0.5, 0.6) is 0 Å². The molecule has 0 spiro atoms. The first-order chi connectivity index (χ1) is 7.13. The molecule has 0 saturated heterocycles. The monoisotopic (exact) mass is 204 g/mol. The van der Waals surface area contributed by atoms with Crippen LogP contribution >= 0.6 is 0 Å². The number of carbonyl (C=O) groups excluding carboxylic acids is 1. The first-order valence-electron chi connectivity index (χ1n) is 5.71. The summed E-state index contributed by atoms with van der Waals surface area (Å²) in [5, 5.41) is 0. The van der Waals surface area contributed by atoms with Gasteiger partial charge < -0.3 is 0 Å². The molecule has 0 aliphatic heterocycles. The fraction of sp³-hybridized carbons (Fsp3) is 0.500. The number of benzene rings is 1. The van der Waals surface area contributed by atoms with Crippen LogP contribution in [0.2, 0.25) is 0 Å². The Balaban J connectivity index is 2.50. The van der Waals surface area contributed by atoms with Gasteiger partial charge in [0, 0.05) is 12.8 Å². The van der Waals surface area contributed by atoms with Crippen molar-refractivity contribution in [3.05, 3.63) is 35.4 Å². The van der Waals surface area contributed by atoms with Crippen LogP contribution in [0.15, 0.2) is 24.3 Å². The average Bonchev–Trinajstić information content (AvgIpc) is 2.26. The number of hydrogen-bond donors (Lipinski definition) is 0. The standard InChI is InChI=1S/C14H20O/c1-4-14(15)10-7-12(3)13-8-5-11(2)6-9-13/h5-6,8-9,12H,4,7,10H2,1-3H3. The van der Waals surface area contributed by atoms with Gasteiger partial charge in [-0.1, -0.05) is 43.7 Å². The average molecular weight is 204 g/mol. The first-order valence-corrected chi connectivity index (χ1v) is 5.71. The van der Waals surface area contributed by atoms with E-state index in [4.69, 9.17) is 0 Å². The summed E-state index contributed by atoms with van der Waals surface area (Å²) in [6.07, 6.45) is 2.35. The van der Waals surface area contributed by atoms with Gasteiger partial charge in [-0.05, 0) is 24.8 Å². The van der Waals surface area contributed by atoms with Crippen molar-refractivity contribution in [3.8, 4) is 0 Å². The van der Waals surface area contributed by atoms with E-state index in [2.05, 4.69) is 38.1 Å². The normalized spacial score (nSPS) is 12.5. The van der Waals surface area contributed by atoms with Crippen LogP contribution < -0.4 is 0 Å². The maximum Gasteiger partial charge on any atom is 0.132 e. The Morgan fingerprint density at radius 1 is 1.27 bits per heavy atom. The summed E-state index contributed by atoms with van der Waals surface area (Å²) in [7, 11) is 0. The van der Waals surface area contributed by atoms with Crippen molar-refractivity contribution < 1.29 is 4.79 Å². The zero-order chi connectivity index (χ0) is 11.3.